The number of nitrogens with zero attached hydrogens (tertiary/aromatic N) is 3. The van der Waals surface area contributed by atoms with Gasteiger partial charge in [-0.3, -0.25) is 9.59 Å². The highest BCUT2D eigenvalue weighted by atomic mass is 16.4. The fourth-order valence-corrected chi connectivity index (χ4v) is 3.31. The average molecular weight is 380 g/mol. The fraction of sp³-hybridized carbons (Fsp3) is 0.300. The van der Waals surface area contributed by atoms with Crippen LogP contribution in [0.15, 0.2) is 51.7 Å². The van der Waals surface area contributed by atoms with Crippen LogP contribution in [0.1, 0.15) is 41.9 Å². The first-order valence-electron chi connectivity index (χ1n) is 9.13. The van der Waals surface area contributed by atoms with Gasteiger partial charge < -0.3 is 19.1 Å². The van der Waals surface area contributed by atoms with Crippen LogP contribution < -0.4 is 5.32 Å². The zero-order chi connectivity index (χ0) is 19.5. The van der Waals surface area contributed by atoms with E-state index >= 15 is 0 Å². The van der Waals surface area contributed by atoms with Gasteiger partial charge in [0.1, 0.15) is 6.26 Å². The number of anilines is 1. The number of furan rings is 1. The summed E-state index contributed by atoms with van der Waals surface area (Å²) in [5.74, 6) is 1.03. The molecule has 0 spiro atoms. The van der Waals surface area contributed by atoms with E-state index in [4.69, 9.17) is 8.83 Å². The summed E-state index contributed by atoms with van der Waals surface area (Å²) in [6.45, 7) is 2.70. The Morgan fingerprint density at radius 1 is 1.11 bits per heavy atom. The lowest BCUT2D eigenvalue weighted by Crippen LogP contribution is -2.38. The Labute approximate surface area is 161 Å². The van der Waals surface area contributed by atoms with Crippen LogP contribution in [0.25, 0.3) is 11.5 Å². The van der Waals surface area contributed by atoms with Gasteiger partial charge in [0.25, 0.3) is 11.8 Å². The average Bonchev–Trinajstić information content (AvgIpc) is 3.39. The molecule has 0 aliphatic carbocycles. The Kier molecular flexibility index (Phi) is 4.92. The van der Waals surface area contributed by atoms with Crippen LogP contribution in [0.5, 0.6) is 0 Å². The van der Waals surface area contributed by atoms with Crippen LogP contribution in [-0.2, 0) is 4.79 Å². The van der Waals surface area contributed by atoms with Gasteiger partial charge in [0.05, 0.1) is 11.8 Å². The van der Waals surface area contributed by atoms with Crippen LogP contribution >= 0.6 is 0 Å². The van der Waals surface area contributed by atoms with E-state index in [9.17, 15) is 9.59 Å². The fourth-order valence-electron chi connectivity index (χ4n) is 3.31. The topological polar surface area (TPSA) is 101 Å². The zero-order valence-electron chi connectivity index (χ0n) is 15.4. The maximum absolute atomic E-state index is 12.7. The summed E-state index contributed by atoms with van der Waals surface area (Å²) in [5, 5.41) is 10.9. The number of carbonyl (C=O) groups excluding carboxylic acids is 2. The summed E-state index contributed by atoms with van der Waals surface area (Å²) in [4.78, 5) is 25.6. The third-order valence-electron chi connectivity index (χ3n) is 4.79. The minimum atomic E-state index is -0.141. The number of nitrogens with one attached hydrogen (secondary N) is 1. The number of hydrogen-bond donors (Lipinski definition) is 1. The van der Waals surface area contributed by atoms with Crippen LogP contribution in [0.4, 0.5) is 5.69 Å². The molecule has 144 valence electrons. The second-order valence-electron chi connectivity index (χ2n) is 6.78. The van der Waals surface area contributed by atoms with Crippen molar-refractivity contribution >= 4 is 17.5 Å². The van der Waals surface area contributed by atoms with Gasteiger partial charge in [0, 0.05) is 37.2 Å². The number of aromatic nitrogens is 2. The van der Waals surface area contributed by atoms with E-state index in [0.717, 1.165) is 18.4 Å². The molecular formula is C20H20N4O4. The van der Waals surface area contributed by atoms with Gasteiger partial charge in [-0.25, -0.2) is 0 Å². The maximum atomic E-state index is 12.7. The minimum Gasteiger partial charge on any atom is -0.472 e. The SMILES string of the molecule is CC(=O)Nc1ccc(C(=O)N2CCC(c3nnc(-c4ccoc4)o3)CC2)cc1. The Morgan fingerprint density at radius 3 is 2.50 bits per heavy atom. The molecule has 1 N–H and O–H groups in total. The van der Waals surface area contributed by atoms with Crippen molar-refractivity contribution in [3.63, 3.8) is 0 Å². The summed E-state index contributed by atoms with van der Waals surface area (Å²) in [7, 11) is 0. The van der Waals surface area contributed by atoms with Gasteiger partial charge in [0.15, 0.2) is 0 Å². The van der Waals surface area contributed by atoms with Gasteiger partial charge in [-0.1, -0.05) is 0 Å². The number of hydrogen-bond acceptors (Lipinski definition) is 6. The summed E-state index contributed by atoms with van der Waals surface area (Å²) in [6.07, 6.45) is 4.66. The van der Waals surface area contributed by atoms with Crippen molar-refractivity contribution in [3.05, 3.63) is 54.3 Å². The number of amides is 2. The molecular weight excluding hydrogens is 360 g/mol. The van der Waals surface area contributed by atoms with Crippen molar-refractivity contribution in [2.45, 2.75) is 25.7 Å². The first-order valence-corrected chi connectivity index (χ1v) is 9.13. The van der Waals surface area contributed by atoms with Crippen LogP contribution in [-0.4, -0.2) is 40.0 Å². The molecule has 4 rings (SSSR count). The molecule has 2 amide bonds. The van der Waals surface area contributed by atoms with Crippen LogP contribution in [0.2, 0.25) is 0 Å². The van der Waals surface area contributed by atoms with Crippen molar-refractivity contribution in [1.29, 1.82) is 0 Å². The van der Waals surface area contributed by atoms with Crippen LogP contribution in [0, 0.1) is 0 Å². The smallest absolute Gasteiger partial charge is 0.253 e. The van der Waals surface area contributed by atoms with E-state index in [0.29, 0.717) is 36.1 Å². The van der Waals surface area contributed by atoms with Crippen molar-refractivity contribution in [1.82, 2.24) is 15.1 Å². The van der Waals surface area contributed by atoms with Gasteiger partial charge in [-0.15, -0.1) is 10.2 Å². The monoisotopic (exact) mass is 380 g/mol. The van der Waals surface area contributed by atoms with Crippen molar-refractivity contribution in [2.75, 3.05) is 18.4 Å². The summed E-state index contributed by atoms with van der Waals surface area (Å²) < 4.78 is 10.8. The standard InChI is InChI=1S/C20H20N4O4/c1-13(25)21-17-4-2-15(3-5-17)20(26)24-9-6-14(7-10-24)18-22-23-19(28-18)16-8-11-27-12-16/h2-5,8,11-12,14H,6-7,9-10H2,1H3,(H,21,25). The third-order valence-corrected chi connectivity index (χ3v) is 4.79. The van der Waals surface area contributed by atoms with E-state index < -0.39 is 0 Å². The lowest BCUT2D eigenvalue weighted by Gasteiger charge is -2.30. The highest BCUT2D eigenvalue weighted by Gasteiger charge is 2.28. The van der Waals surface area contributed by atoms with Crippen molar-refractivity contribution in [2.24, 2.45) is 0 Å². The number of benzene rings is 1. The molecule has 0 saturated carbocycles. The zero-order valence-corrected chi connectivity index (χ0v) is 15.4. The molecule has 3 aromatic rings. The summed E-state index contributed by atoms with van der Waals surface area (Å²) in [6, 6.07) is 8.70. The molecule has 0 atom stereocenters. The number of carbonyl (C=O) groups is 2. The summed E-state index contributed by atoms with van der Waals surface area (Å²) >= 11 is 0. The molecule has 1 fully saturated rings. The van der Waals surface area contributed by atoms with Crippen molar-refractivity contribution < 1.29 is 18.4 Å². The molecule has 0 radical (unpaired) electrons. The van der Waals surface area contributed by atoms with E-state index in [1.807, 2.05) is 4.90 Å². The number of rotatable bonds is 4. The predicted octanol–water partition coefficient (Wildman–Crippen LogP) is 3.31. The van der Waals surface area contributed by atoms with Gasteiger partial charge in [-0.2, -0.15) is 0 Å². The lowest BCUT2D eigenvalue weighted by atomic mass is 9.96. The maximum Gasteiger partial charge on any atom is 0.253 e. The van der Waals surface area contributed by atoms with Crippen LogP contribution in [0.3, 0.4) is 0 Å². The first kappa shape index (κ1) is 18.0. The molecule has 1 aromatic carbocycles. The molecule has 1 aliphatic rings. The van der Waals surface area contributed by atoms with E-state index in [1.54, 1.807) is 42.9 Å². The Bertz CT molecular complexity index is 955. The van der Waals surface area contributed by atoms with Gasteiger partial charge >= 0.3 is 0 Å². The van der Waals surface area contributed by atoms with Crippen molar-refractivity contribution in [3.8, 4) is 11.5 Å². The highest BCUT2D eigenvalue weighted by molar-refractivity contribution is 5.95. The summed E-state index contributed by atoms with van der Waals surface area (Å²) in [5.41, 5.74) is 2.04. The molecule has 8 heteroatoms. The molecule has 1 aliphatic heterocycles. The highest BCUT2D eigenvalue weighted by Crippen LogP contribution is 2.30. The quantitative estimate of drug-likeness (QED) is 0.745. The second kappa shape index (κ2) is 7.67. The largest absolute Gasteiger partial charge is 0.472 e. The number of likely N-dealkylation sites (tertiary alicyclic amines) is 1. The first-order chi connectivity index (χ1) is 13.6. The lowest BCUT2D eigenvalue weighted by molar-refractivity contribution is -0.114. The Balaban J connectivity index is 1.36. The minimum absolute atomic E-state index is 0.0163. The molecule has 28 heavy (non-hydrogen) atoms. The Morgan fingerprint density at radius 2 is 1.86 bits per heavy atom. The third kappa shape index (κ3) is 3.80. The second-order valence-corrected chi connectivity index (χ2v) is 6.78. The molecule has 0 unspecified atom stereocenters. The van der Waals surface area contributed by atoms with Gasteiger partial charge in [-0.05, 0) is 43.2 Å². The van der Waals surface area contributed by atoms with Gasteiger partial charge in [0.2, 0.25) is 11.8 Å². The number of piperidine rings is 1. The molecule has 1 saturated heterocycles. The normalized spacial score (nSPS) is 14.8. The molecule has 3 heterocycles. The van der Waals surface area contributed by atoms with E-state index in [1.165, 1.54) is 6.92 Å². The van der Waals surface area contributed by atoms with E-state index in [2.05, 4.69) is 15.5 Å². The molecule has 0 bridgehead atoms. The molecule has 8 nitrogen and oxygen atoms in total. The predicted molar refractivity (Wildman–Crippen MR) is 101 cm³/mol. The Hall–Kier alpha value is -3.42. The van der Waals surface area contributed by atoms with E-state index in [-0.39, 0.29) is 17.7 Å². The molecule has 2 aromatic heterocycles.